The lowest BCUT2D eigenvalue weighted by atomic mass is 9.75. The van der Waals surface area contributed by atoms with Gasteiger partial charge in [0, 0.05) is 27.3 Å². The number of benzene rings is 5. The van der Waals surface area contributed by atoms with Crippen molar-refractivity contribution in [3.05, 3.63) is 120 Å². The standard InChI is InChI=1S/C33H24O2/c1-33(2)26-14-6-8-16-29(26)35-31-20-21(18-19-27(31)33)22-10-3-4-11-23(22)24-13-9-17-30-32(24)25-12-5-7-15-28(25)34-30/h3-20H,1-2H3. The zero-order valence-electron chi connectivity index (χ0n) is 19.7. The molecule has 0 saturated heterocycles. The SMILES string of the molecule is CC1(C)c2ccccc2Oc2cc(-c3ccccc3-c3cccc4oc5ccccc5c34)ccc21. The molecule has 2 heterocycles. The fraction of sp³-hybridized carbons (Fsp3) is 0.0909. The van der Waals surface area contributed by atoms with Crippen molar-refractivity contribution in [2.24, 2.45) is 0 Å². The molecule has 2 nitrogen and oxygen atoms in total. The zero-order valence-corrected chi connectivity index (χ0v) is 19.7. The summed E-state index contributed by atoms with van der Waals surface area (Å²) in [6.45, 7) is 4.54. The Bertz CT molecular complexity index is 1750. The van der Waals surface area contributed by atoms with E-state index in [4.69, 9.17) is 9.15 Å². The predicted molar refractivity (Wildman–Crippen MR) is 143 cm³/mol. The van der Waals surface area contributed by atoms with E-state index in [0.717, 1.165) is 39.0 Å². The molecule has 0 unspecified atom stereocenters. The molecule has 35 heavy (non-hydrogen) atoms. The number of para-hydroxylation sites is 2. The van der Waals surface area contributed by atoms with Gasteiger partial charge in [-0.2, -0.15) is 0 Å². The minimum atomic E-state index is -0.122. The van der Waals surface area contributed by atoms with Crippen LogP contribution in [-0.4, -0.2) is 0 Å². The second-order valence-electron chi connectivity index (χ2n) is 9.76. The maximum atomic E-state index is 6.42. The van der Waals surface area contributed by atoms with Crippen molar-refractivity contribution in [3.63, 3.8) is 0 Å². The van der Waals surface area contributed by atoms with Gasteiger partial charge in [-0.3, -0.25) is 0 Å². The highest BCUT2D eigenvalue weighted by molar-refractivity contribution is 6.13. The van der Waals surface area contributed by atoms with Crippen LogP contribution >= 0.6 is 0 Å². The van der Waals surface area contributed by atoms with Crippen LogP contribution in [0.15, 0.2) is 114 Å². The Balaban J connectivity index is 1.43. The summed E-state index contributed by atoms with van der Waals surface area (Å²) in [5.41, 5.74) is 8.80. The largest absolute Gasteiger partial charge is 0.457 e. The number of rotatable bonds is 2. The lowest BCUT2D eigenvalue weighted by Crippen LogP contribution is -2.24. The lowest BCUT2D eigenvalue weighted by molar-refractivity contribution is 0.418. The van der Waals surface area contributed by atoms with Crippen molar-refractivity contribution in [1.29, 1.82) is 0 Å². The molecule has 0 aliphatic carbocycles. The maximum Gasteiger partial charge on any atom is 0.136 e. The fourth-order valence-corrected chi connectivity index (χ4v) is 5.59. The molecular weight excluding hydrogens is 428 g/mol. The molecule has 1 aromatic heterocycles. The van der Waals surface area contributed by atoms with E-state index in [2.05, 4.69) is 98.8 Å². The van der Waals surface area contributed by atoms with E-state index >= 15 is 0 Å². The molecule has 2 heteroatoms. The summed E-state index contributed by atoms with van der Waals surface area (Å²) in [5.74, 6) is 1.86. The average molecular weight is 453 g/mol. The van der Waals surface area contributed by atoms with Gasteiger partial charge in [0.05, 0.1) is 0 Å². The molecule has 0 spiro atoms. The molecule has 0 atom stereocenters. The van der Waals surface area contributed by atoms with Gasteiger partial charge in [0.15, 0.2) is 0 Å². The molecule has 7 rings (SSSR count). The molecule has 168 valence electrons. The molecule has 6 aromatic rings. The van der Waals surface area contributed by atoms with E-state index in [1.807, 2.05) is 24.3 Å². The van der Waals surface area contributed by atoms with Gasteiger partial charge in [0.2, 0.25) is 0 Å². The number of furan rings is 1. The smallest absolute Gasteiger partial charge is 0.136 e. The van der Waals surface area contributed by atoms with Crippen LogP contribution < -0.4 is 4.74 Å². The first-order chi connectivity index (χ1) is 17.1. The molecule has 0 saturated carbocycles. The first-order valence-electron chi connectivity index (χ1n) is 12.0. The summed E-state index contributed by atoms with van der Waals surface area (Å²) in [6.07, 6.45) is 0. The third-order valence-corrected chi connectivity index (χ3v) is 7.37. The average Bonchev–Trinajstić information content (AvgIpc) is 3.27. The number of ether oxygens (including phenoxy) is 1. The second kappa shape index (κ2) is 7.35. The van der Waals surface area contributed by atoms with Gasteiger partial charge in [-0.05, 0) is 46.5 Å². The van der Waals surface area contributed by atoms with E-state index in [-0.39, 0.29) is 5.41 Å². The van der Waals surface area contributed by atoms with Crippen molar-refractivity contribution < 1.29 is 9.15 Å². The molecule has 5 aromatic carbocycles. The molecule has 0 fully saturated rings. The van der Waals surface area contributed by atoms with Crippen LogP contribution in [0, 0.1) is 0 Å². The third-order valence-electron chi connectivity index (χ3n) is 7.37. The van der Waals surface area contributed by atoms with Crippen molar-refractivity contribution in [2.75, 3.05) is 0 Å². The van der Waals surface area contributed by atoms with Crippen LogP contribution in [0.4, 0.5) is 0 Å². The van der Waals surface area contributed by atoms with E-state index in [1.165, 1.54) is 27.8 Å². The van der Waals surface area contributed by atoms with E-state index in [9.17, 15) is 0 Å². The highest BCUT2D eigenvalue weighted by atomic mass is 16.5. The Hall–Kier alpha value is -4.30. The number of fused-ring (bicyclic) bond motifs is 5. The van der Waals surface area contributed by atoms with Crippen LogP contribution in [0.5, 0.6) is 11.5 Å². The van der Waals surface area contributed by atoms with Crippen LogP contribution in [-0.2, 0) is 5.41 Å². The van der Waals surface area contributed by atoms with Crippen molar-refractivity contribution >= 4 is 21.9 Å². The van der Waals surface area contributed by atoms with Crippen LogP contribution in [0.2, 0.25) is 0 Å². The van der Waals surface area contributed by atoms with Gasteiger partial charge >= 0.3 is 0 Å². The van der Waals surface area contributed by atoms with Gasteiger partial charge in [-0.25, -0.2) is 0 Å². The Kier molecular flexibility index (Phi) is 4.22. The molecule has 1 aliphatic rings. The van der Waals surface area contributed by atoms with Gasteiger partial charge < -0.3 is 9.15 Å². The monoisotopic (exact) mass is 452 g/mol. The Morgan fingerprint density at radius 1 is 0.543 bits per heavy atom. The first-order valence-corrected chi connectivity index (χ1v) is 12.0. The molecule has 0 N–H and O–H groups in total. The molecular formula is C33H24O2. The normalized spacial score (nSPS) is 13.9. The fourth-order valence-electron chi connectivity index (χ4n) is 5.59. The Morgan fingerprint density at radius 2 is 1.23 bits per heavy atom. The summed E-state index contributed by atoms with van der Waals surface area (Å²) in [6, 6.07) is 38.2. The summed E-state index contributed by atoms with van der Waals surface area (Å²) < 4.78 is 12.6. The predicted octanol–water partition coefficient (Wildman–Crippen LogP) is 9.35. The van der Waals surface area contributed by atoms with E-state index in [0.29, 0.717) is 0 Å². The molecule has 0 amide bonds. The van der Waals surface area contributed by atoms with Crippen molar-refractivity contribution in [2.45, 2.75) is 19.3 Å². The summed E-state index contributed by atoms with van der Waals surface area (Å²) in [4.78, 5) is 0. The van der Waals surface area contributed by atoms with Crippen LogP contribution in [0.3, 0.4) is 0 Å². The lowest BCUT2D eigenvalue weighted by Gasteiger charge is -2.34. The highest BCUT2D eigenvalue weighted by Gasteiger charge is 2.34. The molecule has 0 radical (unpaired) electrons. The zero-order chi connectivity index (χ0) is 23.6. The summed E-state index contributed by atoms with van der Waals surface area (Å²) in [7, 11) is 0. The number of hydrogen-bond donors (Lipinski definition) is 0. The van der Waals surface area contributed by atoms with Crippen molar-refractivity contribution in [1.82, 2.24) is 0 Å². The molecule has 0 bridgehead atoms. The minimum Gasteiger partial charge on any atom is -0.457 e. The first kappa shape index (κ1) is 20.1. The molecule has 1 aliphatic heterocycles. The summed E-state index contributed by atoms with van der Waals surface area (Å²) in [5, 5.41) is 2.29. The topological polar surface area (TPSA) is 22.4 Å². The highest BCUT2D eigenvalue weighted by Crippen LogP contribution is 2.49. The summed E-state index contributed by atoms with van der Waals surface area (Å²) >= 11 is 0. The van der Waals surface area contributed by atoms with Crippen LogP contribution in [0.25, 0.3) is 44.2 Å². The van der Waals surface area contributed by atoms with Crippen molar-refractivity contribution in [3.8, 4) is 33.8 Å². The van der Waals surface area contributed by atoms with Gasteiger partial charge in [0.25, 0.3) is 0 Å². The minimum absolute atomic E-state index is 0.122. The van der Waals surface area contributed by atoms with Gasteiger partial charge in [0.1, 0.15) is 22.7 Å². The Labute approximate surface area is 204 Å². The van der Waals surface area contributed by atoms with Gasteiger partial charge in [-0.1, -0.05) is 98.8 Å². The van der Waals surface area contributed by atoms with Crippen LogP contribution in [0.1, 0.15) is 25.0 Å². The number of hydrogen-bond acceptors (Lipinski definition) is 2. The Morgan fingerprint density at radius 3 is 2.14 bits per heavy atom. The van der Waals surface area contributed by atoms with E-state index in [1.54, 1.807) is 0 Å². The van der Waals surface area contributed by atoms with E-state index < -0.39 is 0 Å². The third kappa shape index (κ3) is 2.96. The quantitative estimate of drug-likeness (QED) is 0.261. The van der Waals surface area contributed by atoms with Gasteiger partial charge in [-0.15, -0.1) is 0 Å². The second-order valence-corrected chi connectivity index (χ2v) is 9.76. The maximum absolute atomic E-state index is 6.42.